The standard InChI is InChI=1S/C10H10N4O4/c1-13-3-2-11-7(13)5-14-4-6(9(16)17)8(15)12-10(14)18/h2-4H,5H2,1H3,(H,16,17)(H,12,15,18). The van der Waals surface area contributed by atoms with Crippen LogP contribution in [0.2, 0.25) is 0 Å². The number of H-pyrrole nitrogens is 1. The van der Waals surface area contributed by atoms with Crippen LogP contribution in [0.1, 0.15) is 16.2 Å². The smallest absolute Gasteiger partial charge is 0.342 e. The summed E-state index contributed by atoms with van der Waals surface area (Å²) in [7, 11) is 1.75. The first-order chi connectivity index (χ1) is 8.49. The van der Waals surface area contributed by atoms with Gasteiger partial charge in [-0.25, -0.2) is 14.6 Å². The number of aromatic nitrogens is 4. The van der Waals surface area contributed by atoms with Gasteiger partial charge >= 0.3 is 11.7 Å². The number of hydrogen-bond acceptors (Lipinski definition) is 4. The number of carboxylic acid groups (broad SMARTS) is 1. The molecule has 2 rings (SSSR count). The normalized spacial score (nSPS) is 10.5. The van der Waals surface area contributed by atoms with Crippen molar-refractivity contribution in [3.8, 4) is 0 Å². The quantitative estimate of drug-likeness (QED) is 0.727. The fourth-order valence-electron chi connectivity index (χ4n) is 1.48. The van der Waals surface area contributed by atoms with Crippen LogP contribution in [0.25, 0.3) is 0 Å². The summed E-state index contributed by atoms with van der Waals surface area (Å²) in [6, 6.07) is 0. The first-order valence-corrected chi connectivity index (χ1v) is 5.02. The van der Waals surface area contributed by atoms with Gasteiger partial charge in [-0.3, -0.25) is 14.3 Å². The molecule has 94 valence electrons. The number of aromatic carboxylic acids is 1. The Balaban J connectivity index is 2.49. The number of aryl methyl sites for hydroxylation is 1. The molecular weight excluding hydrogens is 240 g/mol. The van der Waals surface area contributed by atoms with E-state index in [9.17, 15) is 14.4 Å². The van der Waals surface area contributed by atoms with Crippen LogP contribution in [0.15, 0.2) is 28.2 Å². The molecule has 2 aromatic rings. The molecule has 0 aromatic carbocycles. The molecule has 0 bridgehead atoms. The van der Waals surface area contributed by atoms with Crippen LogP contribution in [0.5, 0.6) is 0 Å². The molecule has 8 nitrogen and oxygen atoms in total. The summed E-state index contributed by atoms with van der Waals surface area (Å²) in [6.45, 7) is 0.0827. The summed E-state index contributed by atoms with van der Waals surface area (Å²) in [4.78, 5) is 39.5. The molecule has 0 aliphatic carbocycles. The molecule has 0 fully saturated rings. The molecule has 2 heterocycles. The first-order valence-electron chi connectivity index (χ1n) is 5.02. The predicted octanol–water partition coefficient (Wildman–Crippen LogP) is -0.983. The van der Waals surface area contributed by atoms with Crippen molar-refractivity contribution in [3.63, 3.8) is 0 Å². The fraction of sp³-hybridized carbons (Fsp3) is 0.200. The van der Waals surface area contributed by atoms with Crippen LogP contribution in [0, 0.1) is 0 Å². The Morgan fingerprint density at radius 1 is 1.50 bits per heavy atom. The third-order valence-electron chi connectivity index (χ3n) is 2.47. The summed E-state index contributed by atoms with van der Waals surface area (Å²) in [5.74, 6) is -0.815. The Morgan fingerprint density at radius 2 is 2.22 bits per heavy atom. The molecule has 0 radical (unpaired) electrons. The summed E-state index contributed by atoms with van der Waals surface area (Å²) in [5, 5.41) is 8.81. The SMILES string of the molecule is Cn1ccnc1Cn1cc(C(=O)O)c(=O)[nH]c1=O. The highest BCUT2D eigenvalue weighted by molar-refractivity contribution is 5.86. The highest BCUT2D eigenvalue weighted by Crippen LogP contribution is 1.97. The van der Waals surface area contributed by atoms with Gasteiger partial charge in [-0.2, -0.15) is 0 Å². The number of rotatable bonds is 3. The van der Waals surface area contributed by atoms with E-state index in [0.29, 0.717) is 5.82 Å². The molecule has 0 saturated carbocycles. The number of aromatic amines is 1. The summed E-state index contributed by atoms with van der Waals surface area (Å²) in [6.07, 6.45) is 4.27. The van der Waals surface area contributed by atoms with Crippen LogP contribution in [0.3, 0.4) is 0 Å². The van der Waals surface area contributed by atoms with E-state index in [2.05, 4.69) is 4.98 Å². The average Bonchev–Trinajstić information content (AvgIpc) is 2.67. The molecule has 2 aromatic heterocycles. The van der Waals surface area contributed by atoms with E-state index in [-0.39, 0.29) is 6.54 Å². The molecule has 0 unspecified atom stereocenters. The van der Waals surface area contributed by atoms with Gasteiger partial charge in [0, 0.05) is 25.6 Å². The molecule has 8 heteroatoms. The van der Waals surface area contributed by atoms with Crippen LogP contribution in [0.4, 0.5) is 0 Å². The first kappa shape index (κ1) is 11.8. The van der Waals surface area contributed by atoms with Crippen LogP contribution < -0.4 is 11.2 Å². The lowest BCUT2D eigenvalue weighted by molar-refractivity contribution is 0.0693. The zero-order chi connectivity index (χ0) is 13.3. The van der Waals surface area contributed by atoms with Gasteiger partial charge in [-0.1, -0.05) is 0 Å². The monoisotopic (exact) mass is 250 g/mol. The number of nitrogens with one attached hydrogen (secondary N) is 1. The van der Waals surface area contributed by atoms with Crippen LogP contribution in [-0.4, -0.2) is 30.2 Å². The summed E-state index contributed by atoms with van der Waals surface area (Å²) in [5.41, 5.74) is -2.07. The van der Waals surface area contributed by atoms with Crippen molar-refractivity contribution < 1.29 is 9.90 Å². The Bertz CT molecular complexity index is 709. The second-order valence-corrected chi connectivity index (χ2v) is 3.69. The lowest BCUT2D eigenvalue weighted by atomic mass is 10.3. The molecule has 0 spiro atoms. The molecule has 0 amide bonds. The van der Waals surface area contributed by atoms with Gasteiger partial charge in [0.2, 0.25) is 0 Å². The lowest BCUT2D eigenvalue weighted by Crippen LogP contribution is -2.33. The number of carboxylic acids is 1. The van der Waals surface area contributed by atoms with Gasteiger partial charge in [0.1, 0.15) is 11.4 Å². The summed E-state index contributed by atoms with van der Waals surface area (Å²) >= 11 is 0. The Kier molecular flexibility index (Phi) is 2.84. The van der Waals surface area contributed by atoms with Crippen LogP contribution >= 0.6 is 0 Å². The van der Waals surface area contributed by atoms with Crippen molar-refractivity contribution in [1.29, 1.82) is 0 Å². The maximum absolute atomic E-state index is 11.5. The third kappa shape index (κ3) is 2.08. The molecule has 2 N–H and O–H groups in total. The van der Waals surface area contributed by atoms with E-state index >= 15 is 0 Å². The zero-order valence-corrected chi connectivity index (χ0v) is 9.45. The lowest BCUT2D eigenvalue weighted by Gasteiger charge is -2.05. The van der Waals surface area contributed by atoms with Gasteiger partial charge in [-0.15, -0.1) is 0 Å². The third-order valence-corrected chi connectivity index (χ3v) is 2.47. The van der Waals surface area contributed by atoms with Gasteiger partial charge in [-0.05, 0) is 0 Å². The van der Waals surface area contributed by atoms with Crippen molar-refractivity contribution in [2.24, 2.45) is 7.05 Å². The molecule has 0 aliphatic rings. The van der Waals surface area contributed by atoms with E-state index in [1.54, 1.807) is 24.0 Å². The molecule has 0 saturated heterocycles. The topological polar surface area (TPSA) is 110 Å². The molecule has 0 aliphatic heterocycles. The highest BCUT2D eigenvalue weighted by Gasteiger charge is 2.12. The van der Waals surface area contributed by atoms with Crippen molar-refractivity contribution >= 4 is 5.97 Å². The van der Waals surface area contributed by atoms with Gasteiger partial charge in [0.25, 0.3) is 5.56 Å². The largest absolute Gasteiger partial charge is 0.477 e. The number of nitrogens with zero attached hydrogens (tertiary/aromatic N) is 3. The molecular formula is C10H10N4O4. The van der Waals surface area contributed by atoms with Gasteiger partial charge in [0.05, 0.1) is 6.54 Å². The van der Waals surface area contributed by atoms with E-state index in [1.165, 1.54) is 0 Å². The second kappa shape index (κ2) is 4.32. The van der Waals surface area contributed by atoms with Crippen molar-refractivity contribution in [2.75, 3.05) is 0 Å². The minimum absolute atomic E-state index is 0.0827. The van der Waals surface area contributed by atoms with E-state index < -0.39 is 22.8 Å². The van der Waals surface area contributed by atoms with E-state index in [1.807, 2.05) is 4.98 Å². The number of carbonyl (C=O) groups is 1. The molecule has 18 heavy (non-hydrogen) atoms. The fourth-order valence-corrected chi connectivity index (χ4v) is 1.48. The minimum Gasteiger partial charge on any atom is -0.477 e. The van der Waals surface area contributed by atoms with Crippen molar-refractivity contribution in [1.82, 2.24) is 19.1 Å². The van der Waals surface area contributed by atoms with Gasteiger partial charge < -0.3 is 9.67 Å². The minimum atomic E-state index is -1.38. The maximum atomic E-state index is 11.5. The Morgan fingerprint density at radius 3 is 2.78 bits per heavy atom. The maximum Gasteiger partial charge on any atom is 0.342 e. The predicted molar refractivity (Wildman–Crippen MR) is 60.6 cm³/mol. The van der Waals surface area contributed by atoms with E-state index in [0.717, 1.165) is 10.8 Å². The van der Waals surface area contributed by atoms with E-state index in [4.69, 9.17) is 5.11 Å². The average molecular weight is 250 g/mol. The summed E-state index contributed by atoms with van der Waals surface area (Å²) < 4.78 is 2.78. The Hall–Kier alpha value is -2.64. The van der Waals surface area contributed by atoms with Crippen molar-refractivity contribution in [3.05, 3.63) is 50.8 Å². The van der Waals surface area contributed by atoms with Gasteiger partial charge in [0.15, 0.2) is 0 Å². The second-order valence-electron chi connectivity index (χ2n) is 3.69. The van der Waals surface area contributed by atoms with Crippen LogP contribution in [-0.2, 0) is 13.6 Å². The molecule has 0 atom stereocenters. The zero-order valence-electron chi connectivity index (χ0n) is 9.45. The highest BCUT2D eigenvalue weighted by atomic mass is 16.4. The van der Waals surface area contributed by atoms with Crippen molar-refractivity contribution in [2.45, 2.75) is 6.54 Å². The number of hydrogen-bond donors (Lipinski definition) is 2. The number of imidazole rings is 1. The Labute approximate surface area is 100 Å².